The summed E-state index contributed by atoms with van der Waals surface area (Å²) in [5.74, 6) is 0.307. The van der Waals surface area contributed by atoms with E-state index in [1.54, 1.807) is 24.3 Å². The van der Waals surface area contributed by atoms with Gasteiger partial charge in [0.05, 0.1) is 11.6 Å². The molecule has 1 aromatic rings. The average molecular weight is 339 g/mol. The minimum absolute atomic E-state index is 0.164. The van der Waals surface area contributed by atoms with E-state index >= 15 is 0 Å². The van der Waals surface area contributed by atoms with Crippen molar-refractivity contribution in [1.82, 2.24) is 10.2 Å². The quantitative estimate of drug-likeness (QED) is 0.391. The number of hydrogen-bond acceptors (Lipinski definition) is 5. The number of carbonyl (C=O) groups is 2. The van der Waals surface area contributed by atoms with Crippen molar-refractivity contribution in [1.29, 1.82) is 5.26 Å². The molecular weight excluding hydrogens is 318 g/mol. The zero-order chi connectivity index (χ0) is 17.8. The predicted molar refractivity (Wildman–Crippen MR) is 92.4 cm³/mol. The fourth-order valence-corrected chi connectivity index (χ4v) is 3.53. The van der Waals surface area contributed by atoms with Gasteiger partial charge < -0.3 is 15.0 Å². The van der Waals surface area contributed by atoms with E-state index in [9.17, 15) is 14.9 Å². The molecule has 0 aromatic heterocycles. The molecule has 130 valence electrons. The van der Waals surface area contributed by atoms with Crippen molar-refractivity contribution in [3.8, 4) is 11.8 Å². The first-order chi connectivity index (χ1) is 12.0. The lowest BCUT2D eigenvalue weighted by Gasteiger charge is -2.44. The summed E-state index contributed by atoms with van der Waals surface area (Å²) in [7, 11) is 0. The second-order valence-electron chi connectivity index (χ2n) is 6.54. The maximum atomic E-state index is 12.3. The van der Waals surface area contributed by atoms with E-state index in [0.29, 0.717) is 17.2 Å². The number of allylic oxidation sites excluding steroid dienone is 1. The molecule has 1 amide bonds. The van der Waals surface area contributed by atoms with Crippen LogP contribution >= 0.6 is 0 Å². The first-order valence-corrected chi connectivity index (χ1v) is 8.48. The number of nitrogens with one attached hydrogen (secondary N) is 1. The van der Waals surface area contributed by atoms with Crippen LogP contribution in [0.5, 0.6) is 5.75 Å². The number of benzene rings is 1. The fourth-order valence-electron chi connectivity index (χ4n) is 3.53. The lowest BCUT2D eigenvalue weighted by atomic mass is 9.84. The third kappa shape index (κ3) is 4.25. The van der Waals surface area contributed by atoms with Crippen molar-refractivity contribution in [3.05, 3.63) is 35.9 Å². The standard InChI is InChI=1S/C19H21N3O3/c1-13(23)25-17-4-2-14(3-5-17)16(11-20)10-19(24)21-18-12-22-8-6-15(18)7-9-22/h2-5,10,15,18H,6-9,12H2,1H3,(H,21,24). The van der Waals surface area contributed by atoms with Gasteiger partial charge in [-0.25, -0.2) is 0 Å². The van der Waals surface area contributed by atoms with Crippen molar-refractivity contribution in [2.45, 2.75) is 25.8 Å². The molecule has 0 saturated carbocycles. The third-order valence-electron chi connectivity index (χ3n) is 4.81. The zero-order valence-corrected chi connectivity index (χ0v) is 14.2. The maximum Gasteiger partial charge on any atom is 0.308 e. The summed E-state index contributed by atoms with van der Waals surface area (Å²) in [6.07, 6.45) is 3.59. The molecule has 3 aliphatic heterocycles. The minimum atomic E-state index is -0.402. The molecule has 0 spiro atoms. The van der Waals surface area contributed by atoms with Crippen molar-refractivity contribution in [2.24, 2.45) is 5.92 Å². The lowest BCUT2D eigenvalue weighted by Crippen LogP contribution is -2.57. The molecule has 3 heterocycles. The molecule has 25 heavy (non-hydrogen) atoms. The Bertz CT molecular complexity index is 725. The van der Waals surface area contributed by atoms with E-state index < -0.39 is 5.97 Å². The summed E-state index contributed by atoms with van der Waals surface area (Å²) in [5.41, 5.74) is 0.899. The molecule has 3 saturated heterocycles. The van der Waals surface area contributed by atoms with Crippen LogP contribution in [0.25, 0.3) is 5.57 Å². The Kier molecular flexibility index (Phi) is 5.15. The van der Waals surface area contributed by atoms with Crippen molar-refractivity contribution < 1.29 is 14.3 Å². The number of rotatable bonds is 4. The van der Waals surface area contributed by atoms with Crippen molar-refractivity contribution in [2.75, 3.05) is 19.6 Å². The van der Waals surface area contributed by atoms with E-state index in [1.807, 2.05) is 0 Å². The molecule has 0 radical (unpaired) electrons. The van der Waals surface area contributed by atoms with E-state index in [0.717, 1.165) is 32.5 Å². The number of fused-ring (bicyclic) bond motifs is 3. The molecule has 1 unspecified atom stereocenters. The fraction of sp³-hybridized carbons (Fsp3) is 0.421. The smallest absolute Gasteiger partial charge is 0.308 e. The number of nitriles is 1. The Morgan fingerprint density at radius 2 is 1.96 bits per heavy atom. The molecule has 3 aliphatic rings. The highest BCUT2D eigenvalue weighted by Crippen LogP contribution is 2.27. The SMILES string of the molecule is CC(=O)Oc1ccc(C(C#N)=CC(=O)NC2CN3CCC2CC3)cc1. The molecule has 4 rings (SSSR count). The zero-order valence-electron chi connectivity index (χ0n) is 14.2. The molecule has 1 atom stereocenters. The molecular formula is C19H21N3O3. The van der Waals surface area contributed by atoms with Gasteiger partial charge in [0.15, 0.2) is 0 Å². The highest BCUT2D eigenvalue weighted by molar-refractivity contribution is 5.98. The van der Waals surface area contributed by atoms with Gasteiger partial charge in [-0.3, -0.25) is 9.59 Å². The Labute approximate surface area is 147 Å². The molecule has 6 nitrogen and oxygen atoms in total. The number of amides is 1. The number of piperidine rings is 3. The lowest BCUT2D eigenvalue weighted by molar-refractivity contribution is -0.131. The van der Waals surface area contributed by atoms with Gasteiger partial charge in [-0.05, 0) is 61.7 Å². The Morgan fingerprint density at radius 1 is 1.28 bits per heavy atom. The van der Waals surface area contributed by atoms with E-state index in [4.69, 9.17) is 4.74 Å². The van der Waals surface area contributed by atoms with Crippen molar-refractivity contribution in [3.63, 3.8) is 0 Å². The molecule has 2 bridgehead atoms. The summed E-state index contributed by atoms with van der Waals surface area (Å²) in [4.78, 5) is 25.6. The number of esters is 1. The normalized spacial score (nSPS) is 25.1. The second kappa shape index (κ2) is 7.49. The van der Waals surface area contributed by atoms with Crippen LogP contribution in [-0.2, 0) is 9.59 Å². The van der Waals surface area contributed by atoms with Crippen LogP contribution in [-0.4, -0.2) is 42.5 Å². The second-order valence-corrected chi connectivity index (χ2v) is 6.54. The van der Waals surface area contributed by atoms with Crippen LogP contribution < -0.4 is 10.1 Å². The van der Waals surface area contributed by atoms with Gasteiger partial charge in [0, 0.05) is 25.6 Å². The molecule has 0 aliphatic carbocycles. The summed E-state index contributed by atoms with van der Waals surface area (Å²) in [6, 6.07) is 8.76. The van der Waals surface area contributed by atoms with Crippen LogP contribution in [0.2, 0.25) is 0 Å². The van der Waals surface area contributed by atoms with Gasteiger partial charge in [-0.2, -0.15) is 5.26 Å². The van der Waals surface area contributed by atoms with Crippen LogP contribution in [0, 0.1) is 17.2 Å². The highest BCUT2D eigenvalue weighted by atomic mass is 16.5. The summed E-state index contributed by atoms with van der Waals surface area (Å²) >= 11 is 0. The number of ether oxygens (including phenoxy) is 1. The number of nitrogens with zero attached hydrogens (tertiary/aromatic N) is 2. The maximum absolute atomic E-state index is 12.3. The van der Waals surface area contributed by atoms with E-state index in [2.05, 4.69) is 16.3 Å². The van der Waals surface area contributed by atoms with E-state index in [1.165, 1.54) is 13.0 Å². The summed E-state index contributed by atoms with van der Waals surface area (Å²) in [6.45, 7) is 4.45. The van der Waals surface area contributed by atoms with Gasteiger partial charge in [-0.1, -0.05) is 0 Å². The Morgan fingerprint density at radius 3 is 2.48 bits per heavy atom. The van der Waals surface area contributed by atoms with Gasteiger partial charge in [0.2, 0.25) is 5.91 Å². The van der Waals surface area contributed by atoms with Crippen LogP contribution in [0.1, 0.15) is 25.3 Å². The molecule has 1 N–H and O–H groups in total. The Balaban J connectivity index is 1.66. The van der Waals surface area contributed by atoms with Crippen molar-refractivity contribution >= 4 is 17.4 Å². The first-order valence-electron chi connectivity index (χ1n) is 8.48. The molecule has 3 fully saturated rings. The summed E-state index contributed by atoms with van der Waals surface area (Å²) in [5, 5.41) is 12.4. The largest absolute Gasteiger partial charge is 0.427 e. The van der Waals surface area contributed by atoms with Crippen LogP contribution in [0.4, 0.5) is 0 Å². The van der Waals surface area contributed by atoms with Gasteiger partial charge in [0.1, 0.15) is 5.75 Å². The molecule has 6 heteroatoms. The summed E-state index contributed by atoms with van der Waals surface area (Å²) < 4.78 is 4.97. The third-order valence-corrected chi connectivity index (χ3v) is 4.81. The first kappa shape index (κ1) is 17.2. The van der Waals surface area contributed by atoms with Crippen LogP contribution in [0.15, 0.2) is 30.3 Å². The van der Waals surface area contributed by atoms with Gasteiger partial charge in [-0.15, -0.1) is 0 Å². The highest BCUT2D eigenvalue weighted by Gasteiger charge is 2.34. The number of carbonyl (C=O) groups excluding carboxylic acids is 2. The average Bonchev–Trinajstić information content (AvgIpc) is 2.61. The van der Waals surface area contributed by atoms with Gasteiger partial charge >= 0.3 is 5.97 Å². The molecule has 1 aromatic carbocycles. The van der Waals surface area contributed by atoms with E-state index in [-0.39, 0.29) is 17.5 Å². The minimum Gasteiger partial charge on any atom is -0.427 e. The topological polar surface area (TPSA) is 82.4 Å². The monoisotopic (exact) mass is 339 g/mol. The predicted octanol–water partition coefficient (Wildman–Crippen LogP) is 1.73. The number of hydrogen-bond donors (Lipinski definition) is 1. The Hall–Kier alpha value is -2.65. The van der Waals surface area contributed by atoms with Crippen LogP contribution in [0.3, 0.4) is 0 Å². The van der Waals surface area contributed by atoms with Gasteiger partial charge in [0.25, 0.3) is 0 Å².